The highest BCUT2D eigenvalue weighted by atomic mass is 35.5. The fourth-order valence-electron chi connectivity index (χ4n) is 1.46. The number of hydrogen-bond acceptors (Lipinski definition) is 2. The first-order valence-corrected chi connectivity index (χ1v) is 7.12. The third kappa shape index (κ3) is 6.19. The van der Waals surface area contributed by atoms with E-state index in [1.807, 2.05) is 30.0 Å². The number of benzene rings is 1. The van der Waals surface area contributed by atoms with Crippen molar-refractivity contribution in [3.05, 3.63) is 34.9 Å². The minimum atomic E-state index is 0.680. The van der Waals surface area contributed by atoms with Crippen LogP contribution in [0.3, 0.4) is 0 Å². The number of unbranched alkanes of at least 4 members (excludes halogenated alkanes) is 1. The molecule has 0 radical (unpaired) electrons. The van der Waals surface area contributed by atoms with E-state index in [1.54, 1.807) is 0 Å². The highest BCUT2D eigenvalue weighted by Gasteiger charge is 1.95. The molecule has 0 atom stereocenters. The second-order valence-corrected chi connectivity index (χ2v) is 5.32. The van der Waals surface area contributed by atoms with Gasteiger partial charge >= 0.3 is 0 Å². The normalized spacial score (nSPS) is 10.3. The molecule has 16 heavy (non-hydrogen) atoms. The van der Waals surface area contributed by atoms with Gasteiger partial charge in [-0.15, -0.1) is 0 Å². The summed E-state index contributed by atoms with van der Waals surface area (Å²) in [7, 11) is 0. The fourth-order valence-corrected chi connectivity index (χ4v) is 2.55. The van der Waals surface area contributed by atoms with E-state index >= 15 is 0 Å². The molecule has 0 fully saturated rings. The van der Waals surface area contributed by atoms with Crippen LogP contribution in [0.4, 0.5) is 0 Å². The van der Waals surface area contributed by atoms with E-state index in [-0.39, 0.29) is 0 Å². The van der Waals surface area contributed by atoms with E-state index in [2.05, 4.69) is 6.07 Å². The van der Waals surface area contributed by atoms with E-state index in [9.17, 15) is 4.79 Å². The smallest absolute Gasteiger partial charge is 0.120 e. The largest absolute Gasteiger partial charge is 0.303 e. The first kappa shape index (κ1) is 13.6. The molecule has 1 rings (SSSR count). The summed E-state index contributed by atoms with van der Waals surface area (Å²) in [6.07, 6.45) is 5.15. The van der Waals surface area contributed by atoms with Crippen LogP contribution in [0.2, 0.25) is 5.02 Å². The number of rotatable bonds is 8. The predicted octanol–water partition coefficient (Wildman–Crippen LogP) is 3.98. The minimum absolute atomic E-state index is 0.680. The van der Waals surface area contributed by atoms with Gasteiger partial charge < -0.3 is 4.79 Å². The molecule has 0 bridgehead atoms. The molecular formula is C13H17ClOS. The Hall–Kier alpha value is -0.470. The highest BCUT2D eigenvalue weighted by molar-refractivity contribution is 7.99. The SMILES string of the molecule is O=CCCSCCCCc1cccc(Cl)c1. The van der Waals surface area contributed by atoms with Crippen molar-refractivity contribution in [2.75, 3.05) is 11.5 Å². The summed E-state index contributed by atoms with van der Waals surface area (Å²) in [4.78, 5) is 10.1. The van der Waals surface area contributed by atoms with Crippen LogP contribution < -0.4 is 0 Å². The van der Waals surface area contributed by atoms with Gasteiger partial charge in [-0.25, -0.2) is 0 Å². The summed E-state index contributed by atoms with van der Waals surface area (Å²) in [5, 5.41) is 0.817. The van der Waals surface area contributed by atoms with Gasteiger partial charge in [0, 0.05) is 11.4 Å². The van der Waals surface area contributed by atoms with Crippen molar-refractivity contribution in [2.24, 2.45) is 0 Å². The van der Waals surface area contributed by atoms with Gasteiger partial charge in [0.05, 0.1) is 0 Å². The molecular weight excluding hydrogens is 240 g/mol. The number of halogens is 1. The van der Waals surface area contributed by atoms with Crippen molar-refractivity contribution in [1.82, 2.24) is 0 Å². The number of hydrogen-bond donors (Lipinski definition) is 0. The molecule has 0 N–H and O–H groups in total. The number of aldehydes is 1. The summed E-state index contributed by atoms with van der Waals surface area (Å²) in [6.45, 7) is 0. The molecule has 1 nitrogen and oxygen atoms in total. The standard InChI is InChI=1S/C13H17ClOS/c14-13-7-3-6-12(11-13)5-1-2-9-16-10-4-8-15/h3,6-8,11H,1-2,4-5,9-10H2. The van der Waals surface area contributed by atoms with E-state index < -0.39 is 0 Å². The van der Waals surface area contributed by atoms with Crippen LogP contribution in [-0.4, -0.2) is 17.8 Å². The lowest BCUT2D eigenvalue weighted by molar-refractivity contribution is -0.107. The fraction of sp³-hybridized carbons (Fsp3) is 0.462. The van der Waals surface area contributed by atoms with Gasteiger partial charge in [-0.1, -0.05) is 23.7 Å². The summed E-state index contributed by atoms with van der Waals surface area (Å²) in [6, 6.07) is 8.04. The first-order chi connectivity index (χ1) is 7.83. The first-order valence-electron chi connectivity index (χ1n) is 5.59. The monoisotopic (exact) mass is 256 g/mol. The molecule has 0 saturated heterocycles. The lowest BCUT2D eigenvalue weighted by Crippen LogP contribution is -1.89. The Labute approximate surface area is 107 Å². The van der Waals surface area contributed by atoms with Gasteiger partial charge in [0.15, 0.2) is 0 Å². The van der Waals surface area contributed by atoms with Gasteiger partial charge in [-0.3, -0.25) is 0 Å². The van der Waals surface area contributed by atoms with Crippen molar-refractivity contribution >= 4 is 29.6 Å². The second kappa shape index (κ2) is 8.66. The maximum atomic E-state index is 10.1. The number of aryl methyl sites for hydroxylation is 1. The Balaban J connectivity index is 2.05. The van der Waals surface area contributed by atoms with Crippen LogP contribution >= 0.6 is 23.4 Å². The molecule has 0 saturated carbocycles. The molecule has 0 unspecified atom stereocenters. The van der Waals surface area contributed by atoms with Gasteiger partial charge in [0.25, 0.3) is 0 Å². The van der Waals surface area contributed by atoms with Crippen LogP contribution in [0.5, 0.6) is 0 Å². The zero-order valence-electron chi connectivity index (χ0n) is 9.32. The third-order valence-electron chi connectivity index (χ3n) is 2.27. The molecule has 1 aromatic carbocycles. The van der Waals surface area contributed by atoms with Crippen LogP contribution in [0.25, 0.3) is 0 Å². The van der Waals surface area contributed by atoms with Crippen LogP contribution in [0.1, 0.15) is 24.8 Å². The second-order valence-electron chi connectivity index (χ2n) is 3.65. The molecule has 0 amide bonds. The molecule has 0 spiro atoms. The predicted molar refractivity (Wildman–Crippen MR) is 72.4 cm³/mol. The molecule has 0 aliphatic rings. The van der Waals surface area contributed by atoms with E-state index in [1.165, 1.54) is 18.4 Å². The van der Waals surface area contributed by atoms with E-state index in [0.717, 1.165) is 29.2 Å². The van der Waals surface area contributed by atoms with E-state index in [4.69, 9.17) is 11.6 Å². The van der Waals surface area contributed by atoms with Crippen molar-refractivity contribution < 1.29 is 4.79 Å². The lowest BCUT2D eigenvalue weighted by Gasteiger charge is -2.02. The maximum absolute atomic E-state index is 10.1. The Morgan fingerprint density at radius 1 is 1.25 bits per heavy atom. The van der Waals surface area contributed by atoms with Gasteiger partial charge in [0.2, 0.25) is 0 Å². The highest BCUT2D eigenvalue weighted by Crippen LogP contribution is 2.14. The van der Waals surface area contributed by atoms with Gasteiger partial charge in [-0.05, 0) is 48.5 Å². The Kier molecular flexibility index (Phi) is 7.35. The summed E-state index contributed by atoms with van der Waals surface area (Å²) < 4.78 is 0. The lowest BCUT2D eigenvalue weighted by atomic mass is 10.1. The Morgan fingerprint density at radius 3 is 2.88 bits per heavy atom. The van der Waals surface area contributed by atoms with Gasteiger partial charge in [-0.2, -0.15) is 11.8 Å². The van der Waals surface area contributed by atoms with Crippen molar-refractivity contribution in [3.8, 4) is 0 Å². The molecule has 0 aromatic heterocycles. The number of carbonyl (C=O) groups excluding carboxylic acids is 1. The minimum Gasteiger partial charge on any atom is -0.303 e. The average Bonchev–Trinajstić information content (AvgIpc) is 2.28. The Bertz CT molecular complexity index is 315. The average molecular weight is 257 g/mol. The van der Waals surface area contributed by atoms with Crippen molar-refractivity contribution in [2.45, 2.75) is 25.7 Å². The van der Waals surface area contributed by atoms with Crippen molar-refractivity contribution in [3.63, 3.8) is 0 Å². The molecule has 88 valence electrons. The Morgan fingerprint density at radius 2 is 2.12 bits per heavy atom. The molecule has 0 heterocycles. The summed E-state index contributed by atoms with van der Waals surface area (Å²) >= 11 is 7.76. The van der Waals surface area contributed by atoms with Gasteiger partial charge in [0.1, 0.15) is 6.29 Å². The molecule has 3 heteroatoms. The molecule has 0 aliphatic heterocycles. The van der Waals surface area contributed by atoms with Crippen molar-refractivity contribution in [1.29, 1.82) is 0 Å². The van der Waals surface area contributed by atoms with Crippen LogP contribution in [0, 0.1) is 0 Å². The van der Waals surface area contributed by atoms with Crippen LogP contribution in [-0.2, 0) is 11.2 Å². The number of thioether (sulfide) groups is 1. The number of carbonyl (C=O) groups is 1. The molecule has 1 aromatic rings. The summed E-state index contributed by atoms with van der Waals surface area (Å²) in [5.41, 5.74) is 1.31. The van der Waals surface area contributed by atoms with Crippen LogP contribution in [0.15, 0.2) is 24.3 Å². The topological polar surface area (TPSA) is 17.1 Å². The van der Waals surface area contributed by atoms with E-state index in [0.29, 0.717) is 6.42 Å². The zero-order chi connectivity index (χ0) is 11.6. The molecule has 0 aliphatic carbocycles. The summed E-state index contributed by atoms with van der Waals surface area (Å²) in [5.74, 6) is 2.11. The zero-order valence-corrected chi connectivity index (χ0v) is 10.9. The quantitative estimate of drug-likeness (QED) is 0.517. The third-order valence-corrected chi connectivity index (χ3v) is 3.61. The maximum Gasteiger partial charge on any atom is 0.120 e.